The van der Waals surface area contributed by atoms with Crippen LogP contribution in [0.4, 0.5) is 8.78 Å². The first-order valence-corrected chi connectivity index (χ1v) is 32.3. The largest absolute Gasteiger partial charge is 0.423 e. The fraction of sp³-hybridized carbons (Fsp3) is 0.486. The number of aryl methyl sites for hydroxylation is 2. The van der Waals surface area contributed by atoms with Crippen LogP contribution in [-0.4, -0.2) is 23.9 Å². The zero-order valence-electron chi connectivity index (χ0n) is 50.6. The summed E-state index contributed by atoms with van der Waals surface area (Å²) in [6.07, 6.45) is 44.3. The molecule has 0 bridgehead atoms. The Morgan fingerprint density at radius 3 is 0.845 bits per heavy atom. The zero-order valence-corrected chi connectivity index (χ0v) is 50.6. The zero-order chi connectivity index (χ0) is 59.4. The highest BCUT2D eigenvalue weighted by molar-refractivity contribution is 5.95. The van der Waals surface area contributed by atoms with E-state index in [4.69, 9.17) is 18.9 Å². The molecule has 0 spiro atoms. The van der Waals surface area contributed by atoms with Crippen molar-refractivity contribution in [2.24, 2.45) is 0 Å². The van der Waals surface area contributed by atoms with Gasteiger partial charge in [-0.05, 0) is 120 Å². The standard InChI is InChI=1S/C74H94F2O8/c1-3-5-7-9-11-13-15-17-19-21-23-25-27-29-31-33-35-57-37-41-60(42-38-57)71(77)81-65-49-51-67(69(75)55-65)73(79)83-63-47-45-59-46-48-64(54-62(59)53-63)84-74(80)68-52-50-66(56-70(68)76)82-72(78)61-43-39-58(40-44-61)36-34-32-30-28-26-24-22-20-18-16-14-12-10-8-6-4-2/h37-56H,3-36H2,1-2H3. The molecular weight excluding hydrogens is 1050 g/mol. The van der Waals surface area contributed by atoms with Crippen molar-refractivity contribution in [1.82, 2.24) is 0 Å². The molecule has 8 nitrogen and oxygen atoms in total. The molecule has 0 radical (unpaired) electrons. The molecular formula is C74H94F2O8. The summed E-state index contributed by atoms with van der Waals surface area (Å²) < 4.78 is 52.6. The minimum atomic E-state index is -0.981. The second-order valence-corrected chi connectivity index (χ2v) is 23.0. The minimum absolute atomic E-state index is 0.0647. The Labute approximate surface area is 500 Å². The van der Waals surface area contributed by atoms with Crippen LogP contribution >= 0.6 is 0 Å². The second-order valence-electron chi connectivity index (χ2n) is 23.0. The third-order valence-electron chi connectivity index (χ3n) is 16.0. The molecule has 6 aromatic rings. The van der Waals surface area contributed by atoms with E-state index in [1.165, 1.54) is 241 Å². The van der Waals surface area contributed by atoms with E-state index in [0.717, 1.165) is 48.9 Å². The summed E-state index contributed by atoms with van der Waals surface area (Å²) in [5.41, 5.74) is 2.20. The van der Waals surface area contributed by atoms with Gasteiger partial charge in [-0.1, -0.05) is 243 Å². The topological polar surface area (TPSA) is 105 Å². The van der Waals surface area contributed by atoms with Crippen molar-refractivity contribution in [3.05, 3.63) is 166 Å². The van der Waals surface area contributed by atoms with Gasteiger partial charge in [-0.25, -0.2) is 28.0 Å². The first kappa shape index (κ1) is 66.5. The van der Waals surface area contributed by atoms with Crippen LogP contribution in [0.2, 0.25) is 0 Å². The van der Waals surface area contributed by atoms with Crippen molar-refractivity contribution in [3.8, 4) is 23.0 Å². The summed E-state index contributed by atoms with van der Waals surface area (Å²) >= 11 is 0. The molecule has 6 aromatic carbocycles. The maximum Gasteiger partial charge on any atom is 0.346 e. The Hall–Kier alpha value is -6.68. The van der Waals surface area contributed by atoms with E-state index >= 15 is 8.78 Å². The van der Waals surface area contributed by atoms with E-state index in [1.807, 2.05) is 24.3 Å². The van der Waals surface area contributed by atoms with E-state index in [1.54, 1.807) is 36.4 Å². The average Bonchev–Trinajstić information content (AvgIpc) is 3.69. The van der Waals surface area contributed by atoms with Crippen LogP contribution in [-0.2, 0) is 12.8 Å². The fourth-order valence-electron chi connectivity index (χ4n) is 10.8. The number of carbonyl (C=O) groups excluding carboxylic acids is 4. The van der Waals surface area contributed by atoms with Crippen molar-refractivity contribution in [1.29, 1.82) is 0 Å². The number of ether oxygens (including phenoxy) is 4. The minimum Gasteiger partial charge on any atom is -0.423 e. The average molecular weight is 1150 g/mol. The Kier molecular flexibility index (Phi) is 30.9. The van der Waals surface area contributed by atoms with Crippen LogP contribution in [0.25, 0.3) is 10.8 Å². The molecule has 0 amide bonds. The predicted molar refractivity (Wildman–Crippen MR) is 336 cm³/mol. The maximum atomic E-state index is 15.3. The molecule has 0 N–H and O–H groups in total. The molecule has 0 heterocycles. The van der Waals surface area contributed by atoms with Crippen LogP contribution in [0, 0.1) is 11.6 Å². The number of carbonyl (C=O) groups is 4. The molecule has 0 saturated carbocycles. The first-order chi connectivity index (χ1) is 41.1. The number of halogens is 2. The highest BCUT2D eigenvalue weighted by Gasteiger charge is 2.20. The van der Waals surface area contributed by atoms with Gasteiger partial charge in [0.2, 0.25) is 0 Å². The van der Waals surface area contributed by atoms with Gasteiger partial charge in [-0.3, -0.25) is 0 Å². The lowest BCUT2D eigenvalue weighted by Gasteiger charge is -2.10. The lowest BCUT2D eigenvalue weighted by atomic mass is 10.0. The van der Waals surface area contributed by atoms with Crippen LogP contribution in [0.1, 0.15) is 272 Å². The molecule has 0 saturated heterocycles. The van der Waals surface area contributed by atoms with E-state index in [2.05, 4.69) is 13.8 Å². The molecule has 84 heavy (non-hydrogen) atoms. The molecule has 0 aliphatic heterocycles. The highest BCUT2D eigenvalue weighted by Crippen LogP contribution is 2.29. The number of esters is 4. The smallest absolute Gasteiger partial charge is 0.346 e. The lowest BCUT2D eigenvalue weighted by molar-refractivity contribution is 0.0715. The highest BCUT2D eigenvalue weighted by atomic mass is 19.1. The monoisotopic (exact) mass is 1150 g/mol. The fourth-order valence-corrected chi connectivity index (χ4v) is 10.8. The molecule has 0 unspecified atom stereocenters. The Morgan fingerprint density at radius 2 is 0.548 bits per heavy atom. The molecule has 0 aliphatic rings. The molecule has 452 valence electrons. The van der Waals surface area contributed by atoms with Gasteiger partial charge in [0.15, 0.2) is 0 Å². The summed E-state index contributed by atoms with van der Waals surface area (Å²) in [4.78, 5) is 52.3. The Balaban J connectivity index is 0.857. The predicted octanol–water partition coefficient (Wildman–Crippen LogP) is 21.6. The third kappa shape index (κ3) is 24.9. The molecule has 10 heteroatoms. The molecule has 0 atom stereocenters. The first-order valence-electron chi connectivity index (χ1n) is 32.3. The van der Waals surface area contributed by atoms with Gasteiger partial charge in [0.1, 0.15) is 34.6 Å². The van der Waals surface area contributed by atoms with Crippen molar-refractivity contribution in [3.63, 3.8) is 0 Å². The number of benzene rings is 6. The number of unbranched alkanes of at least 4 members (excludes halogenated alkanes) is 30. The number of hydrogen-bond donors (Lipinski definition) is 0. The Bertz CT molecular complexity index is 2700. The lowest BCUT2D eigenvalue weighted by Crippen LogP contribution is -2.12. The summed E-state index contributed by atoms with van der Waals surface area (Å²) in [7, 11) is 0. The summed E-state index contributed by atoms with van der Waals surface area (Å²) in [6, 6.07) is 31.0. The molecule has 6 rings (SSSR count). The second kappa shape index (κ2) is 39.0. The van der Waals surface area contributed by atoms with Crippen LogP contribution in [0.15, 0.2) is 121 Å². The van der Waals surface area contributed by atoms with Gasteiger partial charge in [0, 0.05) is 12.1 Å². The van der Waals surface area contributed by atoms with Crippen LogP contribution in [0.3, 0.4) is 0 Å². The molecule has 0 aliphatic carbocycles. The van der Waals surface area contributed by atoms with Crippen LogP contribution in [0.5, 0.6) is 23.0 Å². The summed E-state index contributed by atoms with van der Waals surface area (Å²) in [5.74, 6) is -5.09. The van der Waals surface area contributed by atoms with E-state index in [9.17, 15) is 19.2 Å². The Morgan fingerprint density at radius 1 is 0.286 bits per heavy atom. The van der Waals surface area contributed by atoms with Gasteiger partial charge in [-0.15, -0.1) is 0 Å². The van der Waals surface area contributed by atoms with Crippen molar-refractivity contribution < 1.29 is 46.9 Å². The van der Waals surface area contributed by atoms with Gasteiger partial charge in [0.05, 0.1) is 22.3 Å². The summed E-state index contributed by atoms with van der Waals surface area (Å²) in [5, 5.41) is 1.22. The number of rotatable bonds is 42. The van der Waals surface area contributed by atoms with E-state index < -0.39 is 35.5 Å². The molecule has 0 fully saturated rings. The SMILES string of the molecule is CCCCCCCCCCCCCCCCCCc1ccc(C(=O)Oc2ccc(C(=O)Oc3ccc4ccc(OC(=O)c5ccc(OC(=O)c6ccc(CCCCCCCCCCCCCCCCCC)cc6)cc5F)cc4c3)c(F)c2)cc1. The van der Waals surface area contributed by atoms with Gasteiger partial charge in [0.25, 0.3) is 0 Å². The normalized spacial score (nSPS) is 11.2. The van der Waals surface area contributed by atoms with E-state index in [0.29, 0.717) is 21.9 Å². The number of fused-ring (bicyclic) bond motifs is 1. The van der Waals surface area contributed by atoms with Crippen molar-refractivity contribution in [2.45, 2.75) is 232 Å². The molecule has 0 aromatic heterocycles. The van der Waals surface area contributed by atoms with Gasteiger partial charge in [-0.2, -0.15) is 0 Å². The third-order valence-corrected chi connectivity index (χ3v) is 16.0. The van der Waals surface area contributed by atoms with Gasteiger partial charge >= 0.3 is 23.9 Å². The van der Waals surface area contributed by atoms with Crippen LogP contribution < -0.4 is 18.9 Å². The van der Waals surface area contributed by atoms with Gasteiger partial charge < -0.3 is 18.9 Å². The van der Waals surface area contributed by atoms with Crippen molar-refractivity contribution in [2.75, 3.05) is 0 Å². The quantitative estimate of drug-likeness (QED) is 0.0212. The summed E-state index contributed by atoms with van der Waals surface area (Å²) in [6.45, 7) is 4.53. The maximum absolute atomic E-state index is 15.3. The van der Waals surface area contributed by atoms with E-state index in [-0.39, 0.29) is 34.1 Å². The number of hydrogen-bond acceptors (Lipinski definition) is 8. The van der Waals surface area contributed by atoms with Crippen molar-refractivity contribution >= 4 is 34.6 Å².